The van der Waals surface area contributed by atoms with Crippen LogP contribution in [-0.4, -0.2) is 41.8 Å². The Labute approximate surface area is 158 Å². The first-order valence-corrected chi connectivity index (χ1v) is 9.07. The molecule has 0 radical (unpaired) electrons. The van der Waals surface area contributed by atoms with E-state index in [-0.39, 0.29) is 0 Å². The van der Waals surface area contributed by atoms with Crippen LogP contribution in [0.2, 0.25) is 0 Å². The van der Waals surface area contributed by atoms with E-state index in [1.807, 2.05) is 48.5 Å². The van der Waals surface area contributed by atoms with Gasteiger partial charge in [0.15, 0.2) is 0 Å². The van der Waals surface area contributed by atoms with Gasteiger partial charge in [0.05, 0.1) is 13.2 Å². The van der Waals surface area contributed by atoms with Gasteiger partial charge < -0.3 is 15.6 Å². The second-order valence-corrected chi connectivity index (χ2v) is 6.59. The molecule has 3 N–H and O–H groups in total. The van der Waals surface area contributed by atoms with Crippen molar-refractivity contribution in [2.75, 3.05) is 13.7 Å². The fourth-order valence-electron chi connectivity index (χ4n) is 3.81. The van der Waals surface area contributed by atoms with Crippen LogP contribution >= 0.6 is 0 Å². The van der Waals surface area contributed by atoms with Gasteiger partial charge in [-0.1, -0.05) is 48.5 Å². The van der Waals surface area contributed by atoms with Crippen molar-refractivity contribution in [1.82, 2.24) is 4.90 Å². The lowest BCUT2D eigenvalue weighted by molar-refractivity contribution is -0.143. The van der Waals surface area contributed by atoms with E-state index >= 15 is 0 Å². The van der Waals surface area contributed by atoms with Crippen LogP contribution in [0.5, 0.6) is 0 Å². The minimum absolute atomic E-state index is 0.322. The van der Waals surface area contributed by atoms with Crippen LogP contribution in [0.4, 0.5) is 4.79 Å². The van der Waals surface area contributed by atoms with Gasteiger partial charge in [-0.15, -0.1) is 0 Å². The number of amides is 1. The molecule has 0 bridgehead atoms. The third-order valence-corrected chi connectivity index (χ3v) is 5.02. The maximum absolute atomic E-state index is 12.7. The number of hydrogen-bond acceptors (Lipinski definition) is 4. The van der Waals surface area contributed by atoms with E-state index in [4.69, 9.17) is 10.5 Å². The second-order valence-electron chi connectivity index (χ2n) is 6.59. The smallest absolute Gasteiger partial charge is 0.411 e. The molecule has 0 heterocycles. The Morgan fingerprint density at radius 2 is 1.63 bits per heavy atom. The molecule has 6 heteroatoms. The molecule has 1 aliphatic rings. The first kappa shape index (κ1) is 18.9. The average molecular weight is 368 g/mol. The quantitative estimate of drug-likeness (QED) is 0.731. The predicted molar refractivity (Wildman–Crippen MR) is 102 cm³/mol. The summed E-state index contributed by atoms with van der Waals surface area (Å²) in [6.07, 6.45) is 1.00. The highest BCUT2D eigenvalue weighted by Crippen LogP contribution is 2.47. The highest BCUT2D eigenvalue weighted by molar-refractivity contribution is 5.85. The maximum Gasteiger partial charge on any atom is 0.411 e. The minimum Gasteiger partial charge on any atom is -0.480 e. The molecule has 1 amide bonds. The second kappa shape index (κ2) is 8.22. The molecule has 0 fully saturated rings. The molecule has 3 rings (SSSR count). The molecule has 0 spiro atoms. The number of carbonyl (C=O) groups is 2. The Morgan fingerprint density at radius 1 is 1.07 bits per heavy atom. The number of benzene rings is 2. The van der Waals surface area contributed by atoms with E-state index in [0.29, 0.717) is 25.8 Å². The first-order chi connectivity index (χ1) is 13.1. The summed E-state index contributed by atoms with van der Waals surface area (Å²) in [5, 5.41) is 9.86. The molecule has 1 aliphatic carbocycles. The van der Waals surface area contributed by atoms with Crippen LogP contribution in [-0.2, 0) is 9.53 Å². The topological polar surface area (TPSA) is 92.9 Å². The fourth-order valence-corrected chi connectivity index (χ4v) is 3.81. The van der Waals surface area contributed by atoms with Crippen molar-refractivity contribution in [2.24, 2.45) is 5.73 Å². The maximum atomic E-state index is 12.7. The standard InChI is InChI=1S/C21H24N2O4/c1-27-21(26)23(18(20(24)25)12-6-7-13-22)19-16-10-4-2-8-14(16)15-9-3-5-11-17(15)19/h2-5,8-11,18-19H,6-7,12-13,22H2,1H3,(H,24,25)/t18-/m0/s1. The molecular formula is C21H24N2O4. The Hall–Kier alpha value is -2.86. The number of carboxylic acid groups (broad SMARTS) is 1. The zero-order chi connectivity index (χ0) is 19.4. The molecule has 0 unspecified atom stereocenters. The van der Waals surface area contributed by atoms with E-state index in [2.05, 4.69) is 0 Å². The van der Waals surface area contributed by atoms with Crippen LogP contribution in [0.25, 0.3) is 11.1 Å². The van der Waals surface area contributed by atoms with E-state index in [1.54, 1.807) is 0 Å². The Kier molecular flexibility index (Phi) is 5.76. The summed E-state index contributed by atoms with van der Waals surface area (Å²) in [7, 11) is 1.28. The Bertz CT molecular complexity index is 791. The molecule has 0 saturated carbocycles. The molecule has 0 aromatic heterocycles. The lowest BCUT2D eigenvalue weighted by Gasteiger charge is -2.34. The highest BCUT2D eigenvalue weighted by atomic mass is 16.5. The number of nitrogens with zero attached hydrogens (tertiary/aromatic N) is 1. The average Bonchev–Trinajstić information content (AvgIpc) is 3.01. The number of fused-ring (bicyclic) bond motifs is 3. The summed E-state index contributed by atoms with van der Waals surface area (Å²) in [4.78, 5) is 26.1. The minimum atomic E-state index is -1.04. The molecule has 2 aromatic carbocycles. The zero-order valence-corrected chi connectivity index (χ0v) is 15.3. The molecule has 6 nitrogen and oxygen atoms in total. The van der Waals surface area contributed by atoms with Gasteiger partial charge in [0, 0.05) is 0 Å². The molecule has 2 aromatic rings. The van der Waals surface area contributed by atoms with Crippen LogP contribution in [0.15, 0.2) is 48.5 Å². The number of ether oxygens (including phenoxy) is 1. The van der Waals surface area contributed by atoms with Crippen LogP contribution in [0.3, 0.4) is 0 Å². The van der Waals surface area contributed by atoms with Gasteiger partial charge in [-0.25, -0.2) is 9.59 Å². The molecule has 142 valence electrons. The third-order valence-electron chi connectivity index (χ3n) is 5.02. The number of hydrogen-bond donors (Lipinski definition) is 2. The third kappa shape index (κ3) is 3.53. The number of carboxylic acids is 1. The summed E-state index contributed by atoms with van der Waals surface area (Å²) in [6.45, 7) is 0.486. The van der Waals surface area contributed by atoms with Crippen molar-refractivity contribution in [3.05, 3.63) is 59.7 Å². The lowest BCUT2D eigenvalue weighted by atomic mass is 9.99. The van der Waals surface area contributed by atoms with E-state index in [0.717, 1.165) is 22.3 Å². The largest absolute Gasteiger partial charge is 0.480 e. The number of nitrogens with two attached hydrogens (primary N) is 1. The van der Waals surface area contributed by atoms with Crippen LogP contribution in [0.1, 0.15) is 36.4 Å². The van der Waals surface area contributed by atoms with Gasteiger partial charge in [0.25, 0.3) is 0 Å². The van der Waals surface area contributed by atoms with E-state index in [9.17, 15) is 14.7 Å². The molecule has 0 aliphatic heterocycles. The molecule has 0 saturated heterocycles. The van der Waals surface area contributed by atoms with Crippen molar-refractivity contribution < 1.29 is 19.4 Å². The molecular weight excluding hydrogens is 344 g/mol. The molecule has 1 atom stereocenters. The van der Waals surface area contributed by atoms with E-state index < -0.39 is 24.1 Å². The first-order valence-electron chi connectivity index (χ1n) is 9.07. The van der Waals surface area contributed by atoms with Crippen molar-refractivity contribution in [3.63, 3.8) is 0 Å². The van der Waals surface area contributed by atoms with Crippen LogP contribution < -0.4 is 5.73 Å². The number of unbranched alkanes of at least 4 members (excludes halogenated alkanes) is 1. The monoisotopic (exact) mass is 368 g/mol. The fraction of sp³-hybridized carbons (Fsp3) is 0.333. The number of aliphatic carboxylic acids is 1. The summed E-state index contributed by atoms with van der Waals surface area (Å²) in [5.74, 6) is -1.04. The van der Waals surface area contributed by atoms with E-state index in [1.165, 1.54) is 12.0 Å². The van der Waals surface area contributed by atoms with Gasteiger partial charge >= 0.3 is 12.1 Å². The lowest BCUT2D eigenvalue weighted by Crippen LogP contribution is -2.47. The van der Waals surface area contributed by atoms with Gasteiger partial charge in [0.2, 0.25) is 0 Å². The normalized spacial score (nSPS) is 13.6. The number of rotatable bonds is 7. The van der Waals surface area contributed by atoms with Crippen molar-refractivity contribution in [1.29, 1.82) is 0 Å². The molecule has 27 heavy (non-hydrogen) atoms. The van der Waals surface area contributed by atoms with Gasteiger partial charge in [-0.05, 0) is 48.1 Å². The van der Waals surface area contributed by atoms with Crippen molar-refractivity contribution in [3.8, 4) is 11.1 Å². The summed E-state index contributed by atoms with van der Waals surface area (Å²) in [5.41, 5.74) is 9.40. The Balaban J connectivity index is 2.10. The van der Waals surface area contributed by atoms with Crippen molar-refractivity contribution in [2.45, 2.75) is 31.3 Å². The zero-order valence-electron chi connectivity index (χ0n) is 15.3. The number of methoxy groups -OCH3 is 1. The summed E-state index contributed by atoms with van der Waals surface area (Å²) in [6, 6.07) is 14.1. The Morgan fingerprint density at radius 3 is 2.11 bits per heavy atom. The van der Waals surface area contributed by atoms with Crippen LogP contribution in [0, 0.1) is 0 Å². The number of carbonyl (C=O) groups excluding carboxylic acids is 1. The van der Waals surface area contributed by atoms with Gasteiger partial charge in [-0.2, -0.15) is 0 Å². The predicted octanol–water partition coefficient (Wildman–Crippen LogP) is 3.41. The SMILES string of the molecule is COC(=O)N(C1c2ccccc2-c2ccccc21)[C@@H](CCCCN)C(=O)O. The summed E-state index contributed by atoms with van der Waals surface area (Å²) < 4.78 is 4.99. The van der Waals surface area contributed by atoms with Crippen molar-refractivity contribution >= 4 is 12.1 Å². The van der Waals surface area contributed by atoms with Gasteiger partial charge in [0.1, 0.15) is 6.04 Å². The highest BCUT2D eigenvalue weighted by Gasteiger charge is 2.41. The summed E-state index contributed by atoms with van der Waals surface area (Å²) >= 11 is 0. The van der Waals surface area contributed by atoms with Gasteiger partial charge in [-0.3, -0.25) is 4.90 Å².